The molecule has 0 radical (unpaired) electrons. The summed E-state index contributed by atoms with van der Waals surface area (Å²) < 4.78 is 12.4. The van der Waals surface area contributed by atoms with E-state index in [0.29, 0.717) is 6.04 Å². The van der Waals surface area contributed by atoms with Crippen LogP contribution in [0.2, 0.25) is 0 Å². The summed E-state index contributed by atoms with van der Waals surface area (Å²) in [5.41, 5.74) is 1.27. The molecule has 2 unspecified atom stereocenters. The van der Waals surface area contributed by atoms with Crippen LogP contribution in [-0.4, -0.2) is 50.9 Å². The lowest BCUT2D eigenvalue weighted by atomic mass is 9.98. The highest BCUT2D eigenvalue weighted by Crippen LogP contribution is 2.34. The number of methoxy groups -OCH3 is 1. The van der Waals surface area contributed by atoms with Gasteiger partial charge in [-0.2, -0.15) is 0 Å². The molecule has 4 nitrogen and oxygen atoms in total. The van der Waals surface area contributed by atoms with Gasteiger partial charge in [-0.15, -0.1) is 0 Å². The molecule has 1 saturated carbocycles. The molecule has 0 bridgehead atoms. The van der Waals surface area contributed by atoms with Crippen LogP contribution in [-0.2, 0) is 4.74 Å². The number of ether oxygens (including phenoxy) is 2. The molecule has 1 saturated heterocycles. The van der Waals surface area contributed by atoms with Crippen molar-refractivity contribution in [3.8, 4) is 5.75 Å². The third-order valence-electron chi connectivity index (χ3n) is 4.31. The number of halogens is 1. The van der Waals surface area contributed by atoms with Crippen molar-refractivity contribution in [1.82, 2.24) is 10.2 Å². The fourth-order valence-electron chi connectivity index (χ4n) is 2.94. The number of hydrogen-bond acceptors (Lipinski definition) is 4. The molecule has 1 heterocycles. The zero-order valence-corrected chi connectivity index (χ0v) is 14.2. The van der Waals surface area contributed by atoms with Crippen molar-refractivity contribution in [2.75, 3.05) is 33.9 Å². The van der Waals surface area contributed by atoms with E-state index in [1.165, 1.54) is 18.4 Å². The Morgan fingerprint density at radius 3 is 2.90 bits per heavy atom. The van der Waals surface area contributed by atoms with Crippen LogP contribution in [0.1, 0.15) is 24.4 Å². The molecule has 3 rings (SSSR count). The molecule has 5 heteroatoms. The van der Waals surface area contributed by atoms with E-state index in [4.69, 9.17) is 9.47 Å². The highest BCUT2D eigenvalue weighted by Gasteiger charge is 2.33. The van der Waals surface area contributed by atoms with Gasteiger partial charge in [0.1, 0.15) is 5.75 Å². The average molecular weight is 355 g/mol. The Morgan fingerprint density at radius 2 is 2.24 bits per heavy atom. The van der Waals surface area contributed by atoms with Crippen LogP contribution in [0.25, 0.3) is 0 Å². The molecule has 2 aliphatic rings. The van der Waals surface area contributed by atoms with Gasteiger partial charge in [0.05, 0.1) is 30.3 Å². The highest BCUT2D eigenvalue weighted by atomic mass is 79.9. The van der Waals surface area contributed by atoms with E-state index < -0.39 is 0 Å². The van der Waals surface area contributed by atoms with Crippen LogP contribution in [0, 0.1) is 0 Å². The summed E-state index contributed by atoms with van der Waals surface area (Å²) in [6.45, 7) is 2.69. The fraction of sp³-hybridized carbons (Fsp3) is 0.625. The standard InChI is InChI=1S/C16H23BrN2O2/c1-19-7-8-21-15(10-18-12-4-5-12)16(19)11-3-6-14(20-2)13(17)9-11/h3,6,9,12,15-16,18H,4-5,7-8,10H2,1-2H3. The Kier molecular flexibility index (Phi) is 4.84. The summed E-state index contributed by atoms with van der Waals surface area (Å²) in [4.78, 5) is 2.39. The SMILES string of the molecule is COc1ccc(C2C(CNC3CC3)OCCN2C)cc1Br. The molecule has 0 amide bonds. The van der Waals surface area contributed by atoms with Crippen LogP contribution in [0.15, 0.2) is 22.7 Å². The molecular formula is C16H23BrN2O2. The number of rotatable bonds is 5. The van der Waals surface area contributed by atoms with Gasteiger partial charge < -0.3 is 14.8 Å². The Morgan fingerprint density at radius 1 is 1.43 bits per heavy atom. The lowest BCUT2D eigenvalue weighted by molar-refractivity contribution is -0.0615. The smallest absolute Gasteiger partial charge is 0.133 e. The summed E-state index contributed by atoms with van der Waals surface area (Å²) >= 11 is 3.59. The van der Waals surface area contributed by atoms with Gasteiger partial charge in [0.2, 0.25) is 0 Å². The van der Waals surface area contributed by atoms with E-state index in [0.717, 1.165) is 29.9 Å². The van der Waals surface area contributed by atoms with Crippen molar-refractivity contribution in [3.63, 3.8) is 0 Å². The molecule has 1 aliphatic carbocycles. The maximum Gasteiger partial charge on any atom is 0.133 e. The molecule has 1 aliphatic heterocycles. The molecule has 1 aromatic carbocycles. The summed E-state index contributed by atoms with van der Waals surface area (Å²) in [6, 6.07) is 7.31. The van der Waals surface area contributed by atoms with Crippen molar-refractivity contribution in [2.45, 2.75) is 31.0 Å². The Hall–Kier alpha value is -0.620. The summed E-state index contributed by atoms with van der Waals surface area (Å²) in [7, 11) is 3.87. The molecule has 1 N–H and O–H groups in total. The zero-order valence-electron chi connectivity index (χ0n) is 12.6. The van der Waals surface area contributed by atoms with Gasteiger partial charge in [-0.05, 0) is 53.5 Å². The third kappa shape index (κ3) is 3.59. The Bertz CT molecular complexity index is 493. The first kappa shape index (κ1) is 15.3. The van der Waals surface area contributed by atoms with Crippen LogP contribution in [0.4, 0.5) is 0 Å². The summed E-state index contributed by atoms with van der Waals surface area (Å²) in [5.74, 6) is 0.866. The second-order valence-electron chi connectivity index (χ2n) is 5.91. The number of nitrogens with zero attached hydrogens (tertiary/aromatic N) is 1. The predicted octanol–water partition coefficient (Wildman–Crippen LogP) is 2.58. The number of likely N-dealkylation sites (N-methyl/N-ethyl adjacent to an activating group) is 1. The van der Waals surface area contributed by atoms with Crippen molar-refractivity contribution in [3.05, 3.63) is 28.2 Å². The molecule has 1 aromatic rings. The first-order chi connectivity index (χ1) is 10.2. The Balaban J connectivity index is 1.78. The largest absolute Gasteiger partial charge is 0.496 e. The topological polar surface area (TPSA) is 33.7 Å². The first-order valence-corrected chi connectivity index (χ1v) is 8.37. The van der Waals surface area contributed by atoms with Gasteiger partial charge in [0, 0.05) is 19.1 Å². The lowest BCUT2D eigenvalue weighted by Crippen LogP contribution is -2.47. The minimum absolute atomic E-state index is 0.199. The van der Waals surface area contributed by atoms with Crippen LogP contribution >= 0.6 is 15.9 Å². The van der Waals surface area contributed by atoms with Crippen molar-refractivity contribution < 1.29 is 9.47 Å². The second kappa shape index (κ2) is 6.65. The Labute approximate surface area is 134 Å². The van der Waals surface area contributed by atoms with E-state index in [-0.39, 0.29) is 12.1 Å². The summed E-state index contributed by atoms with van der Waals surface area (Å²) in [5, 5.41) is 3.60. The van der Waals surface area contributed by atoms with Gasteiger partial charge in [-0.25, -0.2) is 0 Å². The highest BCUT2D eigenvalue weighted by molar-refractivity contribution is 9.10. The molecule has 0 spiro atoms. The van der Waals surface area contributed by atoms with Gasteiger partial charge in [-0.1, -0.05) is 6.07 Å². The second-order valence-corrected chi connectivity index (χ2v) is 6.77. The molecule has 2 atom stereocenters. The fourth-order valence-corrected chi connectivity index (χ4v) is 3.50. The summed E-state index contributed by atoms with van der Waals surface area (Å²) in [6.07, 6.45) is 2.81. The zero-order chi connectivity index (χ0) is 14.8. The average Bonchev–Trinajstić information content (AvgIpc) is 3.29. The quantitative estimate of drug-likeness (QED) is 0.880. The number of hydrogen-bond donors (Lipinski definition) is 1. The molecular weight excluding hydrogens is 332 g/mol. The molecule has 2 fully saturated rings. The van der Waals surface area contributed by atoms with Gasteiger partial charge in [0.15, 0.2) is 0 Å². The van der Waals surface area contributed by atoms with E-state index >= 15 is 0 Å². The van der Waals surface area contributed by atoms with Crippen LogP contribution in [0.3, 0.4) is 0 Å². The molecule has 116 valence electrons. The van der Waals surface area contributed by atoms with Crippen LogP contribution < -0.4 is 10.1 Å². The minimum atomic E-state index is 0.199. The maximum absolute atomic E-state index is 6.04. The van der Waals surface area contributed by atoms with Crippen molar-refractivity contribution in [1.29, 1.82) is 0 Å². The van der Waals surface area contributed by atoms with E-state index in [2.05, 4.69) is 45.3 Å². The van der Waals surface area contributed by atoms with E-state index in [9.17, 15) is 0 Å². The molecule has 21 heavy (non-hydrogen) atoms. The molecule has 0 aromatic heterocycles. The van der Waals surface area contributed by atoms with Crippen molar-refractivity contribution >= 4 is 15.9 Å². The normalized spacial score (nSPS) is 26.8. The monoisotopic (exact) mass is 354 g/mol. The van der Waals surface area contributed by atoms with Crippen LogP contribution in [0.5, 0.6) is 5.75 Å². The number of benzene rings is 1. The first-order valence-electron chi connectivity index (χ1n) is 7.57. The van der Waals surface area contributed by atoms with Gasteiger partial charge in [0.25, 0.3) is 0 Å². The van der Waals surface area contributed by atoms with Gasteiger partial charge >= 0.3 is 0 Å². The maximum atomic E-state index is 6.04. The lowest BCUT2D eigenvalue weighted by Gasteiger charge is -2.39. The van der Waals surface area contributed by atoms with Gasteiger partial charge in [-0.3, -0.25) is 4.90 Å². The third-order valence-corrected chi connectivity index (χ3v) is 4.93. The van der Waals surface area contributed by atoms with Crippen molar-refractivity contribution in [2.24, 2.45) is 0 Å². The van der Waals surface area contributed by atoms with E-state index in [1.807, 2.05) is 6.07 Å². The number of nitrogens with one attached hydrogen (secondary N) is 1. The van der Waals surface area contributed by atoms with E-state index in [1.54, 1.807) is 7.11 Å². The minimum Gasteiger partial charge on any atom is -0.496 e. The predicted molar refractivity (Wildman–Crippen MR) is 86.8 cm³/mol. The number of morpholine rings is 1.